The lowest BCUT2D eigenvalue weighted by atomic mass is 10.0. The Morgan fingerprint density at radius 3 is 1.75 bits per heavy atom. The predicted octanol–water partition coefficient (Wildman–Crippen LogP) is 9.54. The van der Waals surface area contributed by atoms with E-state index in [0.29, 0.717) is 17.6 Å². The summed E-state index contributed by atoms with van der Waals surface area (Å²) in [7, 11) is 0. The summed E-state index contributed by atoms with van der Waals surface area (Å²) >= 11 is 0. The van der Waals surface area contributed by atoms with E-state index in [1.807, 2.05) is 36.4 Å². The van der Waals surface area contributed by atoms with Gasteiger partial charge in [0.05, 0.1) is 11.0 Å². The molecule has 0 saturated carbocycles. The standard InChI is InChI=1S/C40H26N4/c1-4-12-26(13-5-1)29-20-23-36-34(24-29)33-22-21-32-31-19-11-10-18-30(31)25-35(32)37(33)44(36)40-42-38(27-14-6-2-7-15-27)41-39(43-40)28-16-8-3-9-17-28/h1-24H,25H2. The van der Waals surface area contributed by atoms with Crippen LogP contribution >= 0.6 is 0 Å². The van der Waals surface area contributed by atoms with Crippen LogP contribution in [0.2, 0.25) is 0 Å². The Labute approximate surface area is 255 Å². The molecule has 206 valence electrons. The average molecular weight is 563 g/mol. The lowest BCUT2D eigenvalue weighted by molar-refractivity contribution is 0.950. The van der Waals surface area contributed by atoms with Crippen LogP contribution in [-0.4, -0.2) is 19.5 Å². The molecule has 4 heteroatoms. The minimum Gasteiger partial charge on any atom is -0.277 e. The lowest BCUT2D eigenvalue weighted by Gasteiger charge is -2.12. The summed E-state index contributed by atoms with van der Waals surface area (Å²) in [6, 6.07) is 51.0. The van der Waals surface area contributed by atoms with Gasteiger partial charge in [0.25, 0.3) is 0 Å². The Hall–Kier alpha value is -5.87. The third-order valence-electron chi connectivity index (χ3n) is 8.70. The van der Waals surface area contributed by atoms with Crippen molar-refractivity contribution in [1.29, 1.82) is 0 Å². The van der Waals surface area contributed by atoms with Gasteiger partial charge in [-0.05, 0) is 45.5 Å². The molecule has 1 aliphatic rings. The highest BCUT2D eigenvalue weighted by molar-refractivity contribution is 6.13. The third kappa shape index (κ3) is 3.89. The summed E-state index contributed by atoms with van der Waals surface area (Å²) in [5.74, 6) is 1.93. The second kappa shape index (κ2) is 9.85. The van der Waals surface area contributed by atoms with Crippen LogP contribution in [0.15, 0.2) is 146 Å². The quantitative estimate of drug-likeness (QED) is 0.215. The van der Waals surface area contributed by atoms with E-state index >= 15 is 0 Å². The van der Waals surface area contributed by atoms with Gasteiger partial charge in [0, 0.05) is 28.3 Å². The molecular formula is C40H26N4. The topological polar surface area (TPSA) is 43.6 Å². The smallest absolute Gasteiger partial charge is 0.238 e. The molecule has 0 unspecified atom stereocenters. The van der Waals surface area contributed by atoms with Crippen molar-refractivity contribution in [3.05, 3.63) is 157 Å². The van der Waals surface area contributed by atoms with Crippen molar-refractivity contribution in [1.82, 2.24) is 19.5 Å². The van der Waals surface area contributed by atoms with E-state index in [-0.39, 0.29) is 0 Å². The number of rotatable bonds is 4. The molecule has 0 aliphatic heterocycles. The molecule has 0 amide bonds. The number of hydrogen-bond donors (Lipinski definition) is 0. The van der Waals surface area contributed by atoms with E-state index in [1.54, 1.807) is 0 Å². The molecule has 0 bridgehead atoms. The van der Waals surface area contributed by atoms with Gasteiger partial charge in [-0.3, -0.25) is 4.57 Å². The summed E-state index contributed by atoms with van der Waals surface area (Å²) in [6.07, 6.45) is 0.868. The van der Waals surface area contributed by atoms with Crippen molar-refractivity contribution in [2.45, 2.75) is 6.42 Å². The van der Waals surface area contributed by atoms with Gasteiger partial charge in [0.1, 0.15) is 0 Å². The van der Waals surface area contributed by atoms with Crippen LogP contribution < -0.4 is 0 Å². The number of aromatic nitrogens is 4. The van der Waals surface area contributed by atoms with Gasteiger partial charge in [0.2, 0.25) is 5.95 Å². The van der Waals surface area contributed by atoms with Gasteiger partial charge < -0.3 is 0 Å². The van der Waals surface area contributed by atoms with Gasteiger partial charge in [-0.25, -0.2) is 4.98 Å². The fraction of sp³-hybridized carbons (Fsp3) is 0.0250. The van der Waals surface area contributed by atoms with Crippen LogP contribution in [0, 0.1) is 0 Å². The first-order chi connectivity index (χ1) is 21.8. The molecule has 0 radical (unpaired) electrons. The molecule has 2 aromatic heterocycles. The Kier molecular flexibility index (Phi) is 5.53. The van der Waals surface area contributed by atoms with Crippen LogP contribution in [-0.2, 0) is 6.42 Å². The number of fused-ring (bicyclic) bond motifs is 7. The summed E-state index contributed by atoms with van der Waals surface area (Å²) < 4.78 is 2.27. The van der Waals surface area contributed by atoms with E-state index in [4.69, 9.17) is 15.0 Å². The Morgan fingerprint density at radius 2 is 1.07 bits per heavy atom. The second-order valence-electron chi connectivity index (χ2n) is 11.3. The van der Waals surface area contributed by atoms with Crippen molar-refractivity contribution >= 4 is 21.8 Å². The molecule has 4 nitrogen and oxygen atoms in total. The highest BCUT2D eigenvalue weighted by Gasteiger charge is 2.26. The molecule has 0 atom stereocenters. The molecule has 1 aliphatic carbocycles. The van der Waals surface area contributed by atoms with Crippen LogP contribution in [0.5, 0.6) is 0 Å². The van der Waals surface area contributed by atoms with Gasteiger partial charge in [0.15, 0.2) is 11.6 Å². The summed E-state index contributed by atoms with van der Waals surface area (Å²) in [4.78, 5) is 15.3. The summed E-state index contributed by atoms with van der Waals surface area (Å²) in [6.45, 7) is 0. The first-order valence-electron chi connectivity index (χ1n) is 14.9. The Morgan fingerprint density at radius 1 is 0.455 bits per heavy atom. The number of hydrogen-bond acceptors (Lipinski definition) is 3. The van der Waals surface area contributed by atoms with E-state index in [0.717, 1.165) is 28.6 Å². The molecular weight excluding hydrogens is 536 g/mol. The minimum atomic E-state index is 0.620. The zero-order valence-corrected chi connectivity index (χ0v) is 23.9. The monoisotopic (exact) mass is 562 g/mol. The normalized spacial score (nSPS) is 12.0. The largest absolute Gasteiger partial charge is 0.277 e. The maximum atomic E-state index is 5.17. The van der Waals surface area contributed by atoms with Crippen molar-refractivity contribution < 1.29 is 0 Å². The zero-order chi connectivity index (χ0) is 29.0. The van der Waals surface area contributed by atoms with Crippen LogP contribution in [0.3, 0.4) is 0 Å². The molecule has 0 N–H and O–H groups in total. The van der Waals surface area contributed by atoms with Crippen molar-refractivity contribution in [3.63, 3.8) is 0 Å². The highest BCUT2D eigenvalue weighted by Crippen LogP contribution is 2.44. The number of nitrogens with zero attached hydrogens (tertiary/aromatic N) is 4. The van der Waals surface area contributed by atoms with Gasteiger partial charge in [-0.1, -0.05) is 133 Å². The Bertz CT molecular complexity index is 2280. The molecule has 44 heavy (non-hydrogen) atoms. The maximum absolute atomic E-state index is 5.17. The molecule has 9 rings (SSSR count). The Balaban J connectivity index is 1.38. The zero-order valence-electron chi connectivity index (χ0n) is 23.9. The van der Waals surface area contributed by atoms with Gasteiger partial charge in [-0.15, -0.1) is 0 Å². The average Bonchev–Trinajstić information content (AvgIpc) is 3.65. The second-order valence-corrected chi connectivity index (χ2v) is 11.3. The van der Waals surface area contributed by atoms with Crippen LogP contribution in [0.25, 0.3) is 72.8 Å². The SMILES string of the molecule is c1ccc(-c2ccc3c(c2)c2ccc4c(c2n3-c2nc(-c3ccccc3)nc(-c3ccccc3)n2)Cc2ccccc2-4)cc1. The maximum Gasteiger partial charge on any atom is 0.238 e. The molecule has 8 aromatic rings. The van der Waals surface area contributed by atoms with Crippen molar-refractivity contribution in [2.24, 2.45) is 0 Å². The summed E-state index contributed by atoms with van der Waals surface area (Å²) in [5.41, 5.74) is 11.8. The van der Waals surface area contributed by atoms with E-state index < -0.39 is 0 Å². The highest BCUT2D eigenvalue weighted by atomic mass is 15.2. The number of benzene rings is 6. The minimum absolute atomic E-state index is 0.620. The first kappa shape index (κ1) is 24.7. The third-order valence-corrected chi connectivity index (χ3v) is 8.70. The lowest BCUT2D eigenvalue weighted by Crippen LogP contribution is -2.07. The molecule has 2 heterocycles. The molecule has 0 saturated heterocycles. The van der Waals surface area contributed by atoms with E-state index in [1.165, 1.54) is 44.2 Å². The fourth-order valence-electron chi connectivity index (χ4n) is 6.65. The summed E-state index contributed by atoms with van der Waals surface area (Å²) in [5, 5.41) is 2.38. The van der Waals surface area contributed by atoms with E-state index in [2.05, 4.69) is 114 Å². The van der Waals surface area contributed by atoms with Crippen molar-refractivity contribution in [3.8, 4) is 51.0 Å². The van der Waals surface area contributed by atoms with E-state index in [9.17, 15) is 0 Å². The van der Waals surface area contributed by atoms with Gasteiger partial charge in [-0.2, -0.15) is 9.97 Å². The molecule has 0 fully saturated rings. The van der Waals surface area contributed by atoms with Crippen LogP contribution in [0.4, 0.5) is 0 Å². The molecule has 6 aromatic carbocycles. The fourth-order valence-corrected chi connectivity index (χ4v) is 6.65. The van der Waals surface area contributed by atoms with Gasteiger partial charge >= 0.3 is 0 Å². The first-order valence-corrected chi connectivity index (χ1v) is 14.9. The predicted molar refractivity (Wildman–Crippen MR) is 179 cm³/mol. The van der Waals surface area contributed by atoms with Crippen molar-refractivity contribution in [2.75, 3.05) is 0 Å². The molecule has 0 spiro atoms. The van der Waals surface area contributed by atoms with Crippen LogP contribution in [0.1, 0.15) is 11.1 Å².